The number of hydrogen-bond donors (Lipinski definition) is 4. The Morgan fingerprint density at radius 1 is 1.19 bits per heavy atom. The molecule has 1 unspecified atom stereocenters. The van der Waals surface area contributed by atoms with Crippen molar-refractivity contribution in [1.29, 1.82) is 0 Å². The summed E-state index contributed by atoms with van der Waals surface area (Å²) in [6.45, 7) is 0. The van der Waals surface area contributed by atoms with Gasteiger partial charge in [0, 0.05) is 0 Å². The quantitative estimate of drug-likeness (QED) is 0.507. The van der Waals surface area contributed by atoms with E-state index in [9.17, 15) is 14.4 Å². The summed E-state index contributed by atoms with van der Waals surface area (Å²) in [6.07, 6.45) is 0.508. The van der Waals surface area contributed by atoms with Crippen LogP contribution in [-0.4, -0.2) is 35.0 Å². The largest absolute Gasteiger partial charge is 0.480 e. The molecule has 114 valence electrons. The molecule has 1 rings (SSSR count). The minimum atomic E-state index is -1.35. The number of rotatable bonds is 8. The number of carboxylic acid groups (broad SMARTS) is 1. The van der Waals surface area contributed by atoms with Gasteiger partial charge in [0.15, 0.2) is 0 Å². The van der Waals surface area contributed by atoms with Crippen LogP contribution >= 0.6 is 0 Å². The average Bonchev–Trinajstić information content (AvgIpc) is 2.44. The predicted octanol–water partition coefficient (Wildman–Crippen LogP) is -0.609. The Labute approximate surface area is 122 Å². The highest BCUT2D eigenvalue weighted by Crippen LogP contribution is 2.04. The molecule has 1 aromatic carbocycles. The first kappa shape index (κ1) is 16.6. The van der Waals surface area contributed by atoms with Crippen molar-refractivity contribution in [2.24, 2.45) is 11.5 Å². The van der Waals surface area contributed by atoms with E-state index in [1.807, 2.05) is 30.3 Å². The fraction of sp³-hybridized carbons (Fsp3) is 0.357. The predicted molar refractivity (Wildman–Crippen MR) is 76.1 cm³/mol. The van der Waals surface area contributed by atoms with Crippen LogP contribution in [0.15, 0.2) is 30.3 Å². The standard InChI is InChI=1S/C14H19N3O4/c15-10(7-6-9-4-2-1-3-5-9)13(19)17-11(14(20)21)8-12(16)18/h1-5,10-11H,6-8,15H2,(H2,16,18)(H,17,19)(H,20,21)/t10?,11-/m1/s1. The number of carbonyl (C=O) groups excluding carboxylic acids is 2. The van der Waals surface area contributed by atoms with E-state index >= 15 is 0 Å². The number of primary amides is 1. The van der Waals surface area contributed by atoms with Gasteiger partial charge in [-0.15, -0.1) is 0 Å². The van der Waals surface area contributed by atoms with Gasteiger partial charge in [0.25, 0.3) is 0 Å². The Morgan fingerprint density at radius 3 is 2.33 bits per heavy atom. The van der Waals surface area contributed by atoms with Gasteiger partial charge in [0.1, 0.15) is 6.04 Å². The molecule has 7 nitrogen and oxygen atoms in total. The smallest absolute Gasteiger partial charge is 0.326 e. The van der Waals surface area contributed by atoms with Crippen LogP contribution < -0.4 is 16.8 Å². The van der Waals surface area contributed by atoms with Crippen LogP contribution in [0.1, 0.15) is 18.4 Å². The van der Waals surface area contributed by atoms with Crippen molar-refractivity contribution >= 4 is 17.8 Å². The lowest BCUT2D eigenvalue weighted by Crippen LogP contribution is -2.49. The molecule has 0 radical (unpaired) electrons. The molecule has 21 heavy (non-hydrogen) atoms. The van der Waals surface area contributed by atoms with E-state index in [2.05, 4.69) is 5.32 Å². The van der Waals surface area contributed by atoms with Crippen molar-refractivity contribution in [2.45, 2.75) is 31.3 Å². The van der Waals surface area contributed by atoms with E-state index in [0.717, 1.165) is 5.56 Å². The second-order valence-electron chi connectivity index (χ2n) is 4.70. The van der Waals surface area contributed by atoms with E-state index in [1.165, 1.54) is 0 Å². The molecule has 2 atom stereocenters. The summed E-state index contributed by atoms with van der Waals surface area (Å²) < 4.78 is 0. The lowest BCUT2D eigenvalue weighted by molar-refractivity contribution is -0.143. The maximum Gasteiger partial charge on any atom is 0.326 e. The maximum absolute atomic E-state index is 11.8. The summed E-state index contributed by atoms with van der Waals surface area (Å²) in [5.74, 6) is -2.74. The van der Waals surface area contributed by atoms with Gasteiger partial charge in [0.2, 0.25) is 11.8 Å². The molecule has 7 heteroatoms. The number of nitrogens with one attached hydrogen (secondary N) is 1. The first-order chi connectivity index (χ1) is 9.90. The number of benzene rings is 1. The van der Waals surface area contributed by atoms with Crippen LogP contribution in [-0.2, 0) is 20.8 Å². The fourth-order valence-corrected chi connectivity index (χ4v) is 1.78. The molecule has 0 saturated heterocycles. The van der Waals surface area contributed by atoms with Crippen LogP contribution in [0.25, 0.3) is 0 Å². The molecular weight excluding hydrogens is 274 g/mol. The molecule has 0 saturated carbocycles. The van der Waals surface area contributed by atoms with Gasteiger partial charge in [-0.1, -0.05) is 30.3 Å². The SMILES string of the molecule is NC(=O)C[C@@H](NC(=O)C(N)CCc1ccccc1)C(=O)O. The molecule has 1 aromatic rings. The normalized spacial score (nSPS) is 13.2. The summed E-state index contributed by atoms with van der Waals surface area (Å²) in [7, 11) is 0. The minimum Gasteiger partial charge on any atom is -0.480 e. The number of carbonyl (C=O) groups is 3. The zero-order valence-electron chi connectivity index (χ0n) is 11.5. The molecule has 0 aliphatic heterocycles. The van der Waals surface area contributed by atoms with E-state index in [-0.39, 0.29) is 0 Å². The Kier molecular flexibility index (Phi) is 6.35. The van der Waals surface area contributed by atoms with Crippen LogP contribution in [0.2, 0.25) is 0 Å². The summed E-state index contributed by atoms with van der Waals surface area (Å²) >= 11 is 0. The molecule has 0 bridgehead atoms. The van der Waals surface area contributed by atoms with Gasteiger partial charge < -0.3 is 21.9 Å². The first-order valence-corrected chi connectivity index (χ1v) is 6.51. The second-order valence-corrected chi connectivity index (χ2v) is 4.70. The molecule has 0 fully saturated rings. The summed E-state index contributed by atoms with van der Waals surface area (Å²) in [5.41, 5.74) is 11.7. The van der Waals surface area contributed by atoms with Crippen LogP contribution in [0.5, 0.6) is 0 Å². The Balaban J connectivity index is 2.49. The van der Waals surface area contributed by atoms with E-state index in [0.29, 0.717) is 12.8 Å². The number of hydrogen-bond acceptors (Lipinski definition) is 4. The van der Waals surface area contributed by atoms with E-state index in [4.69, 9.17) is 16.6 Å². The highest BCUT2D eigenvalue weighted by atomic mass is 16.4. The van der Waals surface area contributed by atoms with Gasteiger partial charge in [0.05, 0.1) is 12.5 Å². The third-order valence-electron chi connectivity index (χ3n) is 2.94. The molecule has 0 heterocycles. The van der Waals surface area contributed by atoms with Crippen molar-refractivity contribution in [3.8, 4) is 0 Å². The Bertz CT molecular complexity index is 504. The number of aliphatic carboxylic acids is 1. The third kappa shape index (κ3) is 6.05. The summed E-state index contributed by atoms with van der Waals surface area (Å²) in [4.78, 5) is 33.5. The lowest BCUT2D eigenvalue weighted by atomic mass is 10.0. The molecule has 0 spiro atoms. The van der Waals surface area contributed by atoms with Crippen molar-refractivity contribution in [1.82, 2.24) is 5.32 Å². The van der Waals surface area contributed by atoms with Gasteiger partial charge in [-0.2, -0.15) is 0 Å². The molecule has 2 amide bonds. The Hall–Kier alpha value is -2.41. The summed E-state index contributed by atoms with van der Waals surface area (Å²) in [6, 6.07) is 7.29. The maximum atomic E-state index is 11.8. The van der Waals surface area contributed by atoms with Crippen LogP contribution in [0.4, 0.5) is 0 Å². The molecule has 0 aromatic heterocycles. The highest BCUT2D eigenvalue weighted by molar-refractivity contribution is 5.89. The van der Waals surface area contributed by atoms with E-state index in [1.54, 1.807) is 0 Å². The van der Waals surface area contributed by atoms with Crippen molar-refractivity contribution < 1.29 is 19.5 Å². The van der Waals surface area contributed by atoms with Crippen LogP contribution in [0.3, 0.4) is 0 Å². The molecule has 0 aliphatic rings. The number of aryl methyl sites for hydroxylation is 1. The molecule has 0 aliphatic carbocycles. The zero-order chi connectivity index (χ0) is 15.8. The van der Waals surface area contributed by atoms with Crippen molar-refractivity contribution in [3.05, 3.63) is 35.9 Å². The fourth-order valence-electron chi connectivity index (χ4n) is 1.78. The summed E-state index contributed by atoms with van der Waals surface area (Å²) in [5, 5.41) is 11.1. The monoisotopic (exact) mass is 293 g/mol. The molecular formula is C14H19N3O4. The topological polar surface area (TPSA) is 136 Å². The number of nitrogens with two attached hydrogens (primary N) is 2. The van der Waals surface area contributed by atoms with Gasteiger partial charge in [-0.3, -0.25) is 9.59 Å². The molecule has 6 N–H and O–H groups in total. The second kappa shape index (κ2) is 8.01. The van der Waals surface area contributed by atoms with Crippen molar-refractivity contribution in [3.63, 3.8) is 0 Å². The zero-order valence-corrected chi connectivity index (χ0v) is 11.5. The van der Waals surface area contributed by atoms with Gasteiger partial charge in [-0.05, 0) is 18.4 Å². The van der Waals surface area contributed by atoms with Gasteiger partial charge in [-0.25, -0.2) is 4.79 Å². The highest BCUT2D eigenvalue weighted by Gasteiger charge is 2.24. The Morgan fingerprint density at radius 2 is 1.81 bits per heavy atom. The van der Waals surface area contributed by atoms with E-state index < -0.39 is 36.3 Å². The lowest BCUT2D eigenvalue weighted by Gasteiger charge is -2.16. The minimum absolute atomic E-state index is 0.374. The first-order valence-electron chi connectivity index (χ1n) is 6.51. The number of amides is 2. The number of carboxylic acids is 1. The third-order valence-corrected chi connectivity index (χ3v) is 2.94. The van der Waals surface area contributed by atoms with Crippen LogP contribution in [0, 0.1) is 0 Å². The average molecular weight is 293 g/mol. The van der Waals surface area contributed by atoms with Crippen molar-refractivity contribution in [2.75, 3.05) is 0 Å². The van der Waals surface area contributed by atoms with Gasteiger partial charge >= 0.3 is 5.97 Å².